The van der Waals surface area contributed by atoms with Crippen LogP contribution < -0.4 is 0 Å². The van der Waals surface area contributed by atoms with Gasteiger partial charge < -0.3 is 4.74 Å². The van der Waals surface area contributed by atoms with Crippen LogP contribution in [0.1, 0.15) is 6.92 Å². The monoisotopic (exact) mass is 132 g/mol. The molecule has 10 heavy (non-hydrogen) atoms. The minimum absolute atomic E-state index is 0.192. The van der Waals surface area contributed by atoms with Crippen LogP contribution >= 0.6 is 0 Å². The Morgan fingerprint density at radius 2 is 2.00 bits per heavy atom. The molecule has 0 bridgehead atoms. The molecule has 0 fully saturated rings. The van der Waals surface area contributed by atoms with Gasteiger partial charge in [0.2, 0.25) is 0 Å². The molecule has 0 spiro atoms. The second kappa shape index (κ2) is 4.12. The van der Waals surface area contributed by atoms with Crippen molar-refractivity contribution in [3.05, 3.63) is 0 Å². The molecule has 0 aromatic heterocycles. The molecule has 0 amide bonds. The van der Waals surface area contributed by atoms with Crippen LogP contribution in [0.2, 0.25) is 18.5 Å². The highest BCUT2D eigenvalue weighted by Gasteiger charge is 2.25. The maximum Gasteiger partial charge on any atom is 0.0728 e. The number of ether oxygens (including phenoxy) is 1. The van der Waals surface area contributed by atoms with Gasteiger partial charge in [0.1, 0.15) is 0 Å². The minimum Gasteiger partial charge on any atom is -0.380 e. The molecule has 0 rings (SSSR count). The summed E-state index contributed by atoms with van der Waals surface area (Å²) in [5, 5.41) is 0. The van der Waals surface area contributed by atoms with Crippen molar-refractivity contribution in [2.75, 3.05) is 7.11 Å². The molecule has 4 heteroatoms. The van der Waals surface area contributed by atoms with E-state index >= 15 is 0 Å². The van der Waals surface area contributed by atoms with Crippen molar-refractivity contribution in [1.82, 2.24) is 0 Å². The molecule has 6 radical (unpaired) electrons. The van der Waals surface area contributed by atoms with Gasteiger partial charge in [0.25, 0.3) is 0 Å². The topological polar surface area (TPSA) is 9.23 Å². The molecule has 0 aromatic rings. The molecule has 1 nitrogen and oxygen atoms in total. The van der Waals surface area contributed by atoms with Gasteiger partial charge in [0.15, 0.2) is 0 Å². The molecule has 2 atom stereocenters. The summed E-state index contributed by atoms with van der Waals surface area (Å²) in [4.78, 5) is 0. The zero-order valence-electron chi connectivity index (χ0n) is 6.63. The maximum atomic E-state index is 5.64. The second-order valence-electron chi connectivity index (χ2n) is 2.56. The van der Waals surface area contributed by atoms with E-state index in [0.29, 0.717) is 12.6 Å². The third-order valence-electron chi connectivity index (χ3n) is 1.91. The Bertz CT molecular complexity index is 93.0. The Morgan fingerprint density at radius 1 is 1.50 bits per heavy atom. The van der Waals surface area contributed by atoms with Crippen molar-refractivity contribution >= 4 is 23.5 Å². The number of methoxy groups -OCH3 is 1. The van der Waals surface area contributed by atoms with Gasteiger partial charge in [-0.2, -0.15) is 0 Å². The average molecular weight is 132 g/mol. The van der Waals surface area contributed by atoms with E-state index in [1.165, 1.54) is 0 Å². The summed E-state index contributed by atoms with van der Waals surface area (Å²) in [5.41, 5.74) is -0.477. The molecular weight excluding hydrogens is 121 g/mol. The zero-order valence-corrected chi connectivity index (χ0v) is 6.63. The molecule has 0 aliphatic heterocycles. The van der Waals surface area contributed by atoms with Gasteiger partial charge in [-0.15, -0.1) is 0 Å². The standard InChI is InChI=1S/C6H11B3O/c1-6(4-8,10-2)5(9)3-7/h5H,3-4H2,1-2H3/t5-,6?/m0/s1. The summed E-state index contributed by atoms with van der Waals surface area (Å²) in [7, 11) is 18.0. The Labute approximate surface area is 67.1 Å². The first kappa shape index (κ1) is 10.2. The predicted octanol–water partition coefficient (Wildman–Crippen LogP) is 0.522. The summed E-state index contributed by atoms with van der Waals surface area (Å²) in [5.74, 6) is -0.192. The van der Waals surface area contributed by atoms with Crippen LogP contribution in [0.4, 0.5) is 0 Å². The van der Waals surface area contributed by atoms with Crippen LogP contribution in [0.3, 0.4) is 0 Å². The summed E-state index contributed by atoms with van der Waals surface area (Å²) < 4.78 is 5.11. The van der Waals surface area contributed by atoms with Crippen molar-refractivity contribution in [2.24, 2.45) is 0 Å². The van der Waals surface area contributed by atoms with E-state index in [0.717, 1.165) is 0 Å². The maximum absolute atomic E-state index is 5.64. The highest BCUT2D eigenvalue weighted by Crippen LogP contribution is 2.28. The average Bonchev–Trinajstić information content (AvgIpc) is 2.01. The lowest BCUT2D eigenvalue weighted by Gasteiger charge is -2.33. The van der Waals surface area contributed by atoms with Gasteiger partial charge in [0, 0.05) is 7.11 Å². The lowest BCUT2D eigenvalue weighted by molar-refractivity contribution is 0.0213. The third kappa shape index (κ3) is 2.08. The molecule has 0 saturated carbocycles. The molecule has 0 aromatic carbocycles. The number of hydrogen-bond donors (Lipinski definition) is 0. The number of rotatable bonds is 4. The lowest BCUT2D eigenvalue weighted by atomic mass is 9.63. The summed E-state index contributed by atoms with van der Waals surface area (Å²) in [6.45, 7) is 1.85. The normalized spacial score (nSPS) is 19.8. The predicted molar refractivity (Wildman–Crippen MR) is 46.0 cm³/mol. The van der Waals surface area contributed by atoms with Crippen molar-refractivity contribution < 1.29 is 4.74 Å². The van der Waals surface area contributed by atoms with Crippen molar-refractivity contribution in [1.29, 1.82) is 0 Å². The first-order chi connectivity index (χ1) is 4.60. The fourth-order valence-electron chi connectivity index (χ4n) is 0.635. The lowest BCUT2D eigenvalue weighted by Crippen LogP contribution is -2.32. The van der Waals surface area contributed by atoms with Crippen molar-refractivity contribution in [3.8, 4) is 0 Å². The fourth-order valence-corrected chi connectivity index (χ4v) is 0.635. The Morgan fingerprint density at radius 3 is 2.10 bits per heavy atom. The van der Waals surface area contributed by atoms with Gasteiger partial charge in [-0.1, -0.05) is 18.5 Å². The van der Waals surface area contributed by atoms with Crippen LogP contribution in [0.5, 0.6) is 0 Å². The van der Waals surface area contributed by atoms with E-state index in [4.69, 9.17) is 28.3 Å². The van der Waals surface area contributed by atoms with E-state index in [1.807, 2.05) is 6.92 Å². The Balaban J connectivity index is 4.02. The SMILES string of the molecule is [B]C[C@H]([B])C(C)(C[B])OC. The van der Waals surface area contributed by atoms with Crippen LogP contribution in [-0.4, -0.2) is 36.2 Å². The molecule has 50 valence electrons. The minimum atomic E-state index is -0.477. The highest BCUT2D eigenvalue weighted by atomic mass is 16.5. The molecular formula is C6H11B3O. The summed E-state index contributed by atoms with van der Waals surface area (Å²) >= 11 is 0. The fraction of sp³-hybridized carbons (Fsp3) is 1.00. The van der Waals surface area contributed by atoms with E-state index in [9.17, 15) is 0 Å². The van der Waals surface area contributed by atoms with Crippen molar-refractivity contribution in [3.63, 3.8) is 0 Å². The smallest absolute Gasteiger partial charge is 0.0728 e. The Hall–Kier alpha value is 0.155. The van der Waals surface area contributed by atoms with Crippen LogP contribution in [0.25, 0.3) is 0 Å². The summed E-state index contributed by atoms with van der Waals surface area (Å²) in [6, 6.07) is 0. The van der Waals surface area contributed by atoms with E-state index in [-0.39, 0.29) is 5.82 Å². The van der Waals surface area contributed by atoms with Gasteiger partial charge in [-0.05, 0) is 6.92 Å². The van der Waals surface area contributed by atoms with E-state index in [1.54, 1.807) is 7.11 Å². The molecule has 0 heterocycles. The highest BCUT2D eigenvalue weighted by molar-refractivity contribution is 6.20. The second-order valence-corrected chi connectivity index (χ2v) is 2.56. The van der Waals surface area contributed by atoms with E-state index in [2.05, 4.69) is 0 Å². The molecule has 0 aliphatic rings. The van der Waals surface area contributed by atoms with Gasteiger partial charge >= 0.3 is 0 Å². The van der Waals surface area contributed by atoms with E-state index < -0.39 is 5.60 Å². The van der Waals surface area contributed by atoms with Gasteiger partial charge in [-0.25, -0.2) is 0 Å². The largest absolute Gasteiger partial charge is 0.380 e. The Kier molecular flexibility index (Phi) is 4.18. The molecule has 0 N–H and O–H groups in total. The molecule has 0 saturated heterocycles. The molecule has 1 unspecified atom stereocenters. The van der Waals surface area contributed by atoms with Crippen LogP contribution in [-0.2, 0) is 4.74 Å². The summed E-state index contributed by atoms with van der Waals surface area (Å²) in [6.07, 6.45) is 0.781. The quantitative estimate of drug-likeness (QED) is 0.506. The first-order valence-electron chi connectivity index (χ1n) is 3.31. The van der Waals surface area contributed by atoms with Crippen LogP contribution in [0.15, 0.2) is 0 Å². The van der Waals surface area contributed by atoms with Gasteiger partial charge in [0.05, 0.1) is 29.1 Å². The molecule has 0 aliphatic carbocycles. The number of hydrogen-bond acceptors (Lipinski definition) is 1. The third-order valence-corrected chi connectivity index (χ3v) is 1.91. The first-order valence-corrected chi connectivity index (χ1v) is 3.31. The van der Waals surface area contributed by atoms with Crippen molar-refractivity contribution in [2.45, 2.75) is 31.0 Å². The van der Waals surface area contributed by atoms with Gasteiger partial charge in [-0.3, -0.25) is 0 Å². The van der Waals surface area contributed by atoms with Crippen LogP contribution in [0, 0.1) is 0 Å². The zero-order chi connectivity index (χ0) is 8.20.